The van der Waals surface area contributed by atoms with Crippen molar-refractivity contribution < 1.29 is 29.0 Å². The Morgan fingerprint density at radius 2 is 1.43 bits per heavy atom. The largest absolute Gasteiger partial charge is 0.445 e. The molecule has 4 rings (SSSR count). The highest BCUT2D eigenvalue weighted by atomic mass is 32.1. The maximum Gasteiger partial charge on any atom is 0.408 e. The zero-order valence-electron chi connectivity index (χ0n) is 28.1. The predicted octanol–water partition coefficient (Wildman–Crippen LogP) is 5.37. The first kappa shape index (κ1) is 37.0. The number of aromatic nitrogens is 2. The maximum absolute atomic E-state index is 13.7. The molecule has 0 aliphatic rings. The zero-order chi connectivity index (χ0) is 35.0. The van der Waals surface area contributed by atoms with Gasteiger partial charge in [-0.15, -0.1) is 11.3 Å². The molecule has 2 heterocycles. The lowest BCUT2D eigenvalue weighted by Gasteiger charge is -2.30. The number of rotatable bonds is 17. The summed E-state index contributed by atoms with van der Waals surface area (Å²) in [5.74, 6) is -0.735. The molecule has 0 aliphatic heterocycles. The lowest BCUT2D eigenvalue weighted by molar-refractivity contribution is -0.125. The quantitative estimate of drug-likeness (QED) is 0.116. The summed E-state index contributed by atoms with van der Waals surface area (Å²) in [5.41, 5.74) is 2.61. The smallest absolute Gasteiger partial charge is 0.408 e. The molecule has 11 nitrogen and oxygen atoms in total. The van der Waals surface area contributed by atoms with Crippen LogP contribution in [0.2, 0.25) is 0 Å². The number of nitrogens with one attached hydrogen (secondary N) is 3. The number of carbonyl (C=O) groups excluding carboxylic acids is 3. The maximum atomic E-state index is 13.7. The monoisotopic (exact) mass is 687 g/mol. The summed E-state index contributed by atoms with van der Waals surface area (Å²) in [7, 11) is 0. The second kappa shape index (κ2) is 19.3. The Kier molecular flexibility index (Phi) is 14.5. The van der Waals surface area contributed by atoms with Gasteiger partial charge in [-0.1, -0.05) is 87.5 Å². The Morgan fingerprint density at radius 1 is 0.796 bits per heavy atom. The number of thiazole rings is 1. The summed E-state index contributed by atoms with van der Waals surface area (Å²) >= 11 is 1.47. The van der Waals surface area contributed by atoms with Crippen LogP contribution in [0.15, 0.2) is 91.4 Å². The van der Waals surface area contributed by atoms with Crippen molar-refractivity contribution in [2.75, 3.05) is 0 Å². The molecule has 49 heavy (non-hydrogen) atoms. The lowest BCUT2D eigenvalue weighted by atomic mass is 9.93. The van der Waals surface area contributed by atoms with Crippen molar-refractivity contribution in [2.45, 2.75) is 83.9 Å². The van der Waals surface area contributed by atoms with Crippen LogP contribution < -0.4 is 16.0 Å². The van der Waals surface area contributed by atoms with Crippen molar-refractivity contribution >= 4 is 29.4 Å². The highest BCUT2D eigenvalue weighted by Crippen LogP contribution is 2.17. The molecule has 2 aromatic carbocycles. The molecule has 0 saturated heterocycles. The molecule has 4 N–H and O–H groups in total. The predicted molar refractivity (Wildman–Crippen MR) is 188 cm³/mol. The van der Waals surface area contributed by atoms with Gasteiger partial charge in [0.25, 0.3) is 0 Å². The van der Waals surface area contributed by atoms with Gasteiger partial charge in [-0.3, -0.25) is 9.78 Å². The van der Waals surface area contributed by atoms with Gasteiger partial charge in [-0.05, 0) is 48.8 Å². The van der Waals surface area contributed by atoms with Crippen LogP contribution in [0, 0.1) is 5.92 Å². The number of pyridine rings is 1. The third kappa shape index (κ3) is 12.6. The average molecular weight is 688 g/mol. The molecule has 0 aliphatic carbocycles. The fourth-order valence-corrected chi connectivity index (χ4v) is 6.01. The van der Waals surface area contributed by atoms with Gasteiger partial charge in [0, 0.05) is 30.2 Å². The summed E-state index contributed by atoms with van der Waals surface area (Å²) in [5, 5.41) is 21.2. The van der Waals surface area contributed by atoms with Gasteiger partial charge in [0.1, 0.15) is 19.3 Å². The lowest BCUT2D eigenvalue weighted by Crippen LogP contribution is -2.56. The van der Waals surface area contributed by atoms with E-state index in [0.717, 1.165) is 33.0 Å². The standard InChI is InChI=1S/C37H45N5O6S/c1-4-33-39-22-30(49-33)24-48-37(46)42-34(25(2)3)35(44)41-31(19-27-14-9-6-10-15-27)32(43)20-29(18-26-12-7-5-8-13-26)40-36(45)47-23-28-16-11-17-38-21-28/h5-17,21-22,25,29,31-32,34,43H,4,18-20,23-24H2,1-3H3,(H,40,45)(H,41,44)(H,42,46)/t29-,31-,32-,34-/m0/s1. The number of aliphatic hydroxyl groups excluding tert-OH is 1. The van der Waals surface area contributed by atoms with E-state index in [1.165, 1.54) is 11.3 Å². The molecule has 0 unspecified atom stereocenters. The third-order valence-corrected chi connectivity index (χ3v) is 8.94. The number of aryl methyl sites for hydroxylation is 1. The van der Waals surface area contributed by atoms with Gasteiger partial charge in [0.05, 0.1) is 22.0 Å². The molecular weight excluding hydrogens is 643 g/mol. The van der Waals surface area contributed by atoms with Crippen molar-refractivity contribution in [3.63, 3.8) is 0 Å². The Balaban J connectivity index is 1.45. The minimum atomic E-state index is -1.07. The van der Waals surface area contributed by atoms with E-state index in [2.05, 4.69) is 25.9 Å². The van der Waals surface area contributed by atoms with Gasteiger partial charge in [0.15, 0.2) is 0 Å². The fourth-order valence-electron chi connectivity index (χ4n) is 5.23. The normalized spacial score (nSPS) is 13.5. The number of benzene rings is 2. The number of alkyl carbamates (subject to hydrolysis) is 2. The van der Waals surface area contributed by atoms with Crippen molar-refractivity contribution in [1.82, 2.24) is 25.9 Å². The van der Waals surface area contributed by atoms with Crippen molar-refractivity contribution in [2.24, 2.45) is 5.92 Å². The van der Waals surface area contributed by atoms with E-state index in [0.29, 0.717) is 12.8 Å². The van der Waals surface area contributed by atoms with Crippen molar-refractivity contribution in [3.05, 3.63) is 118 Å². The molecule has 260 valence electrons. The molecule has 12 heteroatoms. The number of aliphatic hydroxyl groups is 1. The van der Waals surface area contributed by atoms with E-state index in [1.54, 1.807) is 24.7 Å². The molecule has 0 radical (unpaired) electrons. The van der Waals surface area contributed by atoms with Crippen LogP contribution in [0.1, 0.15) is 53.8 Å². The van der Waals surface area contributed by atoms with Crippen LogP contribution in [0.5, 0.6) is 0 Å². The molecule has 0 fully saturated rings. The second-order valence-electron chi connectivity index (χ2n) is 12.1. The Bertz CT molecular complexity index is 1590. The average Bonchev–Trinajstić information content (AvgIpc) is 3.58. The highest BCUT2D eigenvalue weighted by Gasteiger charge is 2.31. The first-order valence-corrected chi connectivity index (χ1v) is 17.3. The van der Waals surface area contributed by atoms with Crippen LogP contribution in [0.4, 0.5) is 9.59 Å². The van der Waals surface area contributed by atoms with Crippen LogP contribution >= 0.6 is 11.3 Å². The van der Waals surface area contributed by atoms with E-state index in [4.69, 9.17) is 9.47 Å². The van der Waals surface area contributed by atoms with Crippen LogP contribution in [-0.2, 0) is 46.7 Å². The Morgan fingerprint density at radius 3 is 2.04 bits per heavy atom. The highest BCUT2D eigenvalue weighted by molar-refractivity contribution is 7.11. The summed E-state index contributed by atoms with van der Waals surface area (Å²) < 4.78 is 10.8. The number of hydrogen-bond donors (Lipinski definition) is 4. The second-order valence-corrected chi connectivity index (χ2v) is 13.3. The molecule has 3 amide bonds. The number of amides is 3. The Hall–Kier alpha value is -4.81. The summed E-state index contributed by atoms with van der Waals surface area (Å²) in [4.78, 5) is 48.5. The summed E-state index contributed by atoms with van der Waals surface area (Å²) in [6.45, 7) is 5.74. The topological polar surface area (TPSA) is 152 Å². The molecular formula is C37H45N5O6S. The molecule has 2 aromatic heterocycles. The van der Waals surface area contributed by atoms with Crippen molar-refractivity contribution in [1.29, 1.82) is 0 Å². The molecule has 4 aromatic rings. The molecule has 4 atom stereocenters. The summed E-state index contributed by atoms with van der Waals surface area (Å²) in [6.07, 6.45) is 4.16. The minimum Gasteiger partial charge on any atom is -0.445 e. The van der Waals surface area contributed by atoms with Gasteiger partial charge >= 0.3 is 12.2 Å². The van der Waals surface area contributed by atoms with E-state index in [1.807, 2.05) is 87.5 Å². The Labute approximate surface area is 291 Å². The number of hydrogen-bond acceptors (Lipinski definition) is 9. The number of carbonyl (C=O) groups is 3. The molecule has 0 spiro atoms. The number of nitrogens with zero attached hydrogens (tertiary/aromatic N) is 2. The van der Waals surface area contributed by atoms with Gasteiger partial charge in [-0.25, -0.2) is 14.6 Å². The third-order valence-electron chi connectivity index (χ3n) is 7.83. The van der Waals surface area contributed by atoms with E-state index in [-0.39, 0.29) is 25.6 Å². The number of ether oxygens (including phenoxy) is 2. The van der Waals surface area contributed by atoms with E-state index >= 15 is 0 Å². The van der Waals surface area contributed by atoms with Gasteiger partial charge in [0.2, 0.25) is 5.91 Å². The van der Waals surface area contributed by atoms with Crippen LogP contribution in [0.3, 0.4) is 0 Å². The summed E-state index contributed by atoms with van der Waals surface area (Å²) in [6, 6.07) is 20.5. The van der Waals surface area contributed by atoms with E-state index < -0.39 is 42.3 Å². The van der Waals surface area contributed by atoms with E-state index in [9.17, 15) is 19.5 Å². The minimum absolute atomic E-state index is 0.0446. The SMILES string of the molecule is CCc1ncc(COC(=O)N[C@H](C(=O)N[C@@H](Cc2ccccc2)[C@@H](O)C[C@H](Cc2ccccc2)NC(=O)OCc2cccnc2)C(C)C)s1. The van der Waals surface area contributed by atoms with Gasteiger partial charge < -0.3 is 30.5 Å². The first-order chi connectivity index (χ1) is 23.7. The molecule has 0 bridgehead atoms. The zero-order valence-corrected chi connectivity index (χ0v) is 28.9. The first-order valence-electron chi connectivity index (χ1n) is 16.5. The van der Waals surface area contributed by atoms with Crippen molar-refractivity contribution in [3.8, 4) is 0 Å². The molecule has 0 saturated carbocycles. The fraction of sp³-hybridized carbons (Fsp3) is 0.378. The van der Waals surface area contributed by atoms with Crippen LogP contribution in [0.25, 0.3) is 0 Å². The van der Waals surface area contributed by atoms with Gasteiger partial charge in [-0.2, -0.15) is 0 Å². The van der Waals surface area contributed by atoms with Crippen LogP contribution in [-0.4, -0.2) is 57.4 Å².